The number of aromatic nitrogens is 3. The number of benzene rings is 1. The molecule has 0 fully saturated rings. The Bertz CT molecular complexity index is 923. The van der Waals surface area contributed by atoms with E-state index in [-0.39, 0.29) is 31.8 Å². The van der Waals surface area contributed by atoms with Crippen molar-refractivity contribution in [2.45, 2.75) is 12.3 Å². The SMILES string of the molecule is FC(F)(F)C(Oc1nc2cc(Cl)c(Cl)cc2nc1Cl)c1cccnc1. The van der Waals surface area contributed by atoms with E-state index in [2.05, 4.69) is 15.0 Å². The maximum absolute atomic E-state index is 13.4. The molecular formula is C15H7Cl3F3N3O. The van der Waals surface area contributed by atoms with Crippen molar-refractivity contribution >= 4 is 45.8 Å². The normalized spacial score (nSPS) is 13.0. The standard InChI is InChI=1S/C15H7Cl3F3N3O/c16-8-4-10-11(5-9(8)17)24-14(13(18)23-10)25-12(15(19,20)21)7-2-1-3-22-6-7/h1-6,12H. The molecular weight excluding hydrogens is 402 g/mol. The van der Waals surface area contributed by atoms with Crippen LogP contribution in [0.4, 0.5) is 13.2 Å². The van der Waals surface area contributed by atoms with Gasteiger partial charge in [-0.3, -0.25) is 4.98 Å². The molecule has 1 aromatic carbocycles. The molecule has 3 rings (SSSR count). The molecule has 10 heteroatoms. The number of pyridine rings is 1. The minimum absolute atomic E-state index is 0.177. The van der Waals surface area contributed by atoms with Crippen LogP contribution in [0.1, 0.15) is 11.7 Å². The summed E-state index contributed by atoms with van der Waals surface area (Å²) in [4.78, 5) is 11.6. The number of rotatable bonds is 3. The molecule has 0 spiro atoms. The van der Waals surface area contributed by atoms with E-state index in [0.29, 0.717) is 0 Å². The summed E-state index contributed by atoms with van der Waals surface area (Å²) in [6.45, 7) is 0. The highest BCUT2D eigenvalue weighted by atomic mass is 35.5. The molecule has 0 aliphatic carbocycles. The number of hydrogen-bond donors (Lipinski definition) is 0. The zero-order valence-electron chi connectivity index (χ0n) is 12.1. The fourth-order valence-corrected chi connectivity index (χ4v) is 2.55. The molecule has 4 nitrogen and oxygen atoms in total. The van der Waals surface area contributed by atoms with Gasteiger partial charge in [-0.25, -0.2) is 9.97 Å². The maximum atomic E-state index is 13.4. The van der Waals surface area contributed by atoms with Crippen molar-refractivity contribution in [2.75, 3.05) is 0 Å². The van der Waals surface area contributed by atoms with Gasteiger partial charge in [0.05, 0.1) is 21.1 Å². The molecule has 0 radical (unpaired) electrons. The summed E-state index contributed by atoms with van der Waals surface area (Å²) >= 11 is 17.7. The fraction of sp³-hybridized carbons (Fsp3) is 0.133. The Morgan fingerprint density at radius 1 is 1.00 bits per heavy atom. The molecule has 0 N–H and O–H groups in total. The molecule has 1 atom stereocenters. The third kappa shape index (κ3) is 3.89. The minimum atomic E-state index is -4.71. The van der Waals surface area contributed by atoms with Gasteiger partial charge in [-0.1, -0.05) is 40.9 Å². The van der Waals surface area contributed by atoms with E-state index in [1.54, 1.807) is 0 Å². The maximum Gasteiger partial charge on any atom is 0.429 e. The van der Waals surface area contributed by atoms with Crippen LogP contribution in [-0.2, 0) is 0 Å². The van der Waals surface area contributed by atoms with Crippen LogP contribution in [-0.4, -0.2) is 21.1 Å². The Hall–Kier alpha value is -1.83. The van der Waals surface area contributed by atoms with Crippen LogP contribution < -0.4 is 4.74 Å². The average Bonchev–Trinajstić information content (AvgIpc) is 2.54. The number of ether oxygens (including phenoxy) is 1. The van der Waals surface area contributed by atoms with Gasteiger partial charge in [0.2, 0.25) is 6.10 Å². The Morgan fingerprint density at radius 3 is 2.20 bits per heavy atom. The monoisotopic (exact) mass is 407 g/mol. The lowest BCUT2D eigenvalue weighted by atomic mass is 10.1. The van der Waals surface area contributed by atoms with Crippen LogP contribution in [0.15, 0.2) is 36.7 Å². The molecule has 130 valence electrons. The van der Waals surface area contributed by atoms with E-state index >= 15 is 0 Å². The summed E-state index contributed by atoms with van der Waals surface area (Å²) in [6, 6.07) is 5.38. The average molecular weight is 409 g/mol. The first-order valence-electron chi connectivity index (χ1n) is 6.71. The topological polar surface area (TPSA) is 47.9 Å². The zero-order valence-corrected chi connectivity index (χ0v) is 14.3. The van der Waals surface area contributed by atoms with Crippen molar-refractivity contribution in [1.82, 2.24) is 15.0 Å². The molecule has 0 amide bonds. The molecule has 0 saturated heterocycles. The van der Waals surface area contributed by atoms with E-state index in [0.717, 1.165) is 6.20 Å². The van der Waals surface area contributed by atoms with Crippen LogP contribution in [0.5, 0.6) is 5.88 Å². The van der Waals surface area contributed by atoms with Crippen LogP contribution in [0, 0.1) is 0 Å². The second-order valence-electron chi connectivity index (χ2n) is 4.90. The molecule has 25 heavy (non-hydrogen) atoms. The first kappa shape index (κ1) is 18.0. The van der Waals surface area contributed by atoms with Gasteiger partial charge in [0.15, 0.2) is 5.15 Å². The second-order valence-corrected chi connectivity index (χ2v) is 6.07. The predicted molar refractivity (Wildman–Crippen MR) is 88.2 cm³/mol. The number of hydrogen-bond acceptors (Lipinski definition) is 4. The molecule has 2 aromatic heterocycles. The van der Waals surface area contributed by atoms with Gasteiger partial charge in [0.25, 0.3) is 5.88 Å². The summed E-state index contributed by atoms with van der Waals surface area (Å²) < 4.78 is 45.1. The number of alkyl halides is 3. The molecule has 0 aliphatic heterocycles. The first-order valence-corrected chi connectivity index (χ1v) is 7.84. The van der Waals surface area contributed by atoms with Crippen LogP contribution in [0.2, 0.25) is 15.2 Å². The van der Waals surface area contributed by atoms with Crippen molar-refractivity contribution < 1.29 is 17.9 Å². The lowest BCUT2D eigenvalue weighted by Gasteiger charge is -2.21. The summed E-state index contributed by atoms with van der Waals surface area (Å²) in [6.07, 6.45) is -4.60. The molecule has 3 aromatic rings. The molecule has 0 saturated carbocycles. The van der Waals surface area contributed by atoms with E-state index in [1.807, 2.05) is 0 Å². The van der Waals surface area contributed by atoms with Gasteiger partial charge >= 0.3 is 6.18 Å². The number of fused-ring (bicyclic) bond motifs is 1. The summed E-state index contributed by atoms with van der Waals surface area (Å²) in [5.74, 6) is -0.473. The first-order chi connectivity index (χ1) is 11.8. The third-order valence-electron chi connectivity index (χ3n) is 3.15. The minimum Gasteiger partial charge on any atom is -0.457 e. The van der Waals surface area contributed by atoms with Gasteiger partial charge < -0.3 is 4.74 Å². The smallest absolute Gasteiger partial charge is 0.429 e. The second kappa shape index (κ2) is 6.82. The highest BCUT2D eigenvalue weighted by Crippen LogP contribution is 2.38. The van der Waals surface area contributed by atoms with Crippen molar-refractivity contribution in [1.29, 1.82) is 0 Å². The van der Waals surface area contributed by atoms with Crippen molar-refractivity contribution in [3.8, 4) is 5.88 Å². The van der Waals surface area contributed by atoms with E-state index in [4.69, 9.17) is 39.5 Å². The number of nitrogens with zero attached hydrogens (tertiary/aromatic N) is 3. The van der Waals surface area contributed by atoms with Crippen LogP contribution >= 0.6 is 34.8 Å². The molecule has 0 bridgehead atoms. The highest BCUT2D eigenvalue weighted by Gasteiger charge is 2.44. The molecule has 0 aliphatic rings. The van der Waals surface area contributed by atoms with Crippen molar-refractivity contribution in [2.24, 2.45) is 0 Å². The van der Waals surface area contributed by atoms with E-state index in [1.165, 1.54) is 30.5 Å². The van der Waals surface area contributed by atoms with Gasteiger partial charge in [-0.05, 0) is 18.2 Å². The summed E-state index contributed by atoms with van der Waals surface area (Å²) in [5, 5.41) is 0.0668. The Balaban J connectivity index is 2.05. The third-order valence-corrected chi connectivity index (χ3v) is 4.12. The van der Waals surface area contributed by atoms with E-state index in [9.17, 15) is 13.2 Å². The lowest BCUT2D eigenvalue weighted by molar-refractivity contribution is -0.198. The van der Waals surface area contributed by atoms with Crippen molar-refractivity contribution in [3.63, 3.8) is 0 Å². The van der Waals surface area contributed by atoms with Gasteiger partial charge in [0, 0.05) is 18.0 Å². The quantitative estimate of drug-likeness (QED) is 0.560. The van der Waals surface area contributed by atoms with Crippen molar-refractivity contribution in [3.05, 3.63) is 57.4 Å². The number of halogens is 6. The summed E-state index contributed by atoms with van der Waals surface area (Å²) in [7, 11) is 0. The van der Waals surface area contributed by atoms with Gasteiger partial charge in [-0.15, -0.1) is 0 Å². The molecule has 1 unspecified atom stereocenters. The Labute approximate surface area is 154 Å². The lowest BCUT2D eigenvalue weighted by Crippen LogP contribution is -2.26. The summed E-state index contributed by atoms with van der Waals surface area (Å²) in [5.41, 5.74) is 0.277. The van der Waals surface area contributed by atoms with Crippen LogP contribution in [0.25, 0.3) is 11.0 Å². The zero-order chi connectivity index (χ0) is 18.2. The van der Waals surface area contributed by atoms with Gasteiger partial charge in [0.1, 0.15) is 0 Å². The largest absolute Gasteiger partial charge is 0.457 e. The molecule has 2 heterocycles. The van der Waals surface area contributed by atoms with E-state index < -0.39 is 18.2 Å². The fourth-order valence-electron chi connectivity index (χ4n) is 2.06. The Morgan fingerprint density at radius 2 is 1.64 bits per heavy atom. The van der Waals surface area contributed by atoms with Crippen LogP contribution in [0.3, 0.4) is 0 Å². The predicted octanol–water partition coefficient (Wildman–Crippen LogP) is 5.67. The van der Waals surface area contributed by atoms with Gasteiger partial charge in [-0.2, -0.15) is 13.2 Å². The Kier molecular flexibility index (Phi) is 4.90. The highest BCUT2D eigenvalue weighted by molar-refractivity contribution is 6.42.